The van der Waals surface area contributed by atoms with Gasteiger partial charge in [0.15, 0.2) is 6.61 Å². The van der Waals surface area contributed by atoms with Gasteiger partial charge in [-0.1, -0.05) is 41.0 Å². The van der Waals surface area contributed by atoms with Crippen molar-refractivity contribution in [3.8, 4) is 0 Å². The molecule has 0 amide bonds. The lowest BCUT2D eigenvalue weighted by atomic mass is 9.64. The summed E-state index contributed by atoms with van der Waals surface area (Å²) in [6.45, 7) is 13.9. The minimum atomic E-state index is -0.629. The van der Waals surface area contributed by atoms with Crippen LogP contribution in [-0.2, 0) is 19.1 Å². The number of carbonyl (C=O) groups is 2. The highest BCUT2D eigenvalue weighted by atomic mass is 16.6. The average molecular weight is 341 g/mol. The van der Waals surface area contributed by atoms with E-state index in [4.69, 9.17) is 9.47 Å². The molecule has 0 heterocycles. The SMILES string of the molecule is CC(C)CC(C)(C(=O)OCC(=O)OC1(C)CCCCC1)C(C)(C)C. The third kappa shape index (κ3) is 5.49. The second kappa shape index (κ2) is 7.88. The van der Waals surface area contributed by atoms with Gasteiger partial charge in [-0.05, 0) is 57.3 Å². The fourth-order valence-corrected chi connectivity index (χ4v) is 3.50. The van der Waals surface area contributed by atoms with E-state index in [2.05, 4.69) is 13.8 Å². The molecule has 4 nitrogen and oxygen atoms in total. The second-order valence-corrected chi connectivity index (χ2v) is 9.24. The lowest BCUT2D eigenvalue weighted by molar-refractivity contribution is -0.178. The van der Waals surface area contributed by atoms with Crippen LogP contribution in [0, 0.1) is 16.7 Å². The van der Waals surface area contributed by atoms with Crippen molar-refractivity contribution in [3.63, 3.8) is 0 Å². The monoisotopic (exact) mass is 340 g/mol. The van der Waals surface area contributed by atoms with Gasteiger partial charge in [-0.2, -0.15) is 0 Å². The van der Waals surface area contributed by atoms with E-state index in [1.54, 1.807) is 0 Å². The van der Waals surface area contributed by atoms with E-state index in [1.165, 1.54) is 6.42 Å². The fraction of sp³-hybridized carbons (Fsp3) is 0.900. The maximum atomic E-state index is 12.7. The molecule has 4 heteroatoms. The molecule has 1 saturated carbocycles. The van der Waals surface area contributed by atoms with Crippen molar-refractivity contribution in [1.82, 2.24) is 0 Å². The van der Waals surface area contributed by atoms with Gasteiger partial charge >= 0.3 is 11.9 Å². The van der Waals surface area contributed by atoms with E-state index >= 15 is 0 Å². The molecule has 1 unspecified atom stereocenters. The molecule has 0 aromatic heterocycles. The minimum Gasteiger partial charge on any atom is -0.457 e. The van der Waals surface area contributed by atoms with Gasteiger partial charge < -0.3 is 9.47 Å². The van der Waals surface area contributed by atoms with E-state index in [-0.39, 0.29) is 18.0 Å². The third-order valence-corrected chi connectivity index (χ3v) is 5.51. The van der Waals surface area contributed by atoms with Crippen LogP contribution >= 0.6 is 0 Å². The van der Waals surface area contributed by atoms with Crippen molar-refractivity contribution in [2.24, 2.45) is 16.7 Å². The summed E-state index contributed by atoms with van der Waals surface area (Å²) >= 11 is 0. The molecule has 24 heavy (non-hydrogen) atoms. The topological polar surface area (TPSA) is 52.6 Å². The molecular formula is C20H36O4. The molecule has 0 radical (unpaired) electrons. The lowest BCUT2D eigenvalue weighted by Gasteiger charge is -2.40. The van der Waals surface area contributed by atoms with E-state index in [1.807, 2.05) is 34.6 Å². The Morgan fingerprint density at radius 2 is 1.58 bits per heavy atom. The van der Waals surface area contributed by atoms with Crippen LogP contribution in [0.3, 0.4) is 0 Å². The molecule has 0 bridgehead atoms. The Morgan fingerprint density at radius 3 is 2.04 bits per heavy atom. The standard InChI is InChI=1S/C20H36O4/c1-15(2)13-20(7,18(3,4)5)17(22)23-14-16(21)24-19(6)11-9-8-10-12-19/h15H,8-14H2,1-7H3. The number of hydrogen-bond acceptors (Lipinski definition) is 4. The van der Waals surface area contributed by atoms with E-state index < -0.39 is 17.0 Å². The minimum absolute atomic E-state index is 0.242. The predicted octanol–water partition coefficient (Wildman–Crippen LogP) is 4.89. The Kier molecular flexibility index (Phi) is 6.89. The maximum Gasteiger partial charge on any atom is 0.344 e. The first-order valence-electron chi connectivity index (χ1n) is 9.29. The van der Waals surface area contributed by atoms with Gasteiger partial charge in [0, 0.05) is 0 Å². The molecule has 1 rings (SSSR count). The summed E-state index contributed by atoms with van der Waals surface area (Å²) in [4.78, 5) is 24.8. The van der Waals surface area contributed by atoms with Crippen molar-refractivity contribution in [3.05, 3.63) is 0 Å². The molecule has 1 aliphatic rings. The highest BCUT2D eigenvalue weighted by Crippen LogP contribution is 2.44. The molecule has 0 saturated heterocycles. The molecule has 140 valence electrons. The fourth-order valence-electron chi connectivity index (χ4n) is 3.50. The average Bonchev–Trinajstić information content (AvgIpc) is 2.42. The first kappa shape index (κ1) is 21.0. The quantitative estimate of drug-likeness (QED) is 0.646. The Hall–Kier alpha value is -1.06. The van der Waals surface area contributed by atoms with E-state index in [9.17, 15) is 9.59 Å². The first-order valence-corrected chi connectivity index (χ1v) is 9.29. The molecule has 1 aliphatic carbocycles. The number of hydrogen-bond donors (Lipinski definition) is 0. The summed E-state index contributed by atoms with van der Waals surface area (Å²) in [6.07, 6.45) is 5.86. The zero-order valence-electron chi connectivity index (χ0n) is 16.7. The number of carbonyl (C=O) groups excluding carboxylic acids is 2. The third-order valence-electron chi connectivity index (χ3n) is 5.51. The van der Waals surface area contributed by atoms with Crippen molar-refractivity contribution in [2.45, 2.75) is 92.6 Å². The van der Waals surface area contributed by atoms with Crippen LogP contribution in [0.15, 0.2) is 0 Å². The normalized spacial score (nSPS) is 20.3. The summed E-state index contributed by atoms with van der Waals surface area (Å²) in [7, 11) is 0. The summed E-state index contributed by atoms with van der Waals surface area (Å²) in [5.41, 5.74) is -1.27. The number of esters is 2. The second-order valence-electron chi connectivity index (χ2n) is 9.24. The molecule has 0 N–H and O–H groups in total. The Morgan fingerprint density at radius 1 is 1.04 bits per heavy atom. The van der Waals surface area contributed by atoms with Crippen molar-refractivity contribution in [2.75, 3.05) is 6.61 Å². The van der Waals surface area contributed by atoms with Gasteiger partial charge in [-0.3, -0.25) is 4.79 Å². The highest BCUT2D eigenvalue weighted by molar-refractivity contribution is 5.81. The number of ether oxygens (including phenoxy) is 2. The van der Waals surface area contributed by atoms with Crippen molar-refractivity contribution in [1.29, 1.82) is 0 Å². The molecule has 0 aromatic carbocycles. The summed E-state index contributed by atoms with van der Waals surface area (Å²) < 4.78 is 11.0. The predicted molar refractivity (Wildman–Crippen MR) is 95.6 cm³/mol. The molecule has 0 spiro atoms. The van der Waals surface area contributed by atoms with Gasteiger partial charge in [-0.25, -0.2) is 4.79 Å². The van der Waals surface area contributed by atoms with Crippen LogP contribution in [0.4, 0.5) is 0 Å². The van der Waals surface area contributed by atoms with Gasteiger partial charge in [0.2, 0.25) is 0 Å². The zero-order valence-corrected chi connectivity index (χ0v) is 16.7. The van der Waals surface area contributed by atoms with E-state index in [0.29, 0.717) is 5.92 Å². The Labute approximate surface area is 147 Å². The molecule has 1 atom stereocenters. The smallest absolute Gasteiger partial charge is 0.344 e. The van der Waals surface area contributed by atoms with Crippen LogP contribution in [0.2, 0.25) is 0 Å². The van der Waals surface area contributed by atoms with Gasteiger partial charge in [0.05, 0.1) is 5.41 Å². The summed E-state index contributed by atoms with van der Waals surface area (Å²) in [6, 6.07) is 0. The highest BCUT2D eigenvalue weighted by Gasteiger charge is 2.46. The first-order chi connectivity index (χ1) is 10.9. The zero-order chi connectivity index (χ0) is 18.6. The summed E-state index contributed by atoms with van der Waals surface area (Å²) in [5.74, 6) is -0.377. The van der Waals surface area contributed by atoms with Crippen molar-refractivity contribution >= 4 is 11.9 Å². The van der Waals surface area contributed by atoms with Gasteiger partial charge in [0.1, 0.15) is 5.60 Å². The number of rotatable bonds is 6. The van der Waals surface area contributed by atoms with Gasteiger partial charge in [0.25, 0.3) is 0 Å². The van der Waals surface area contributed by atoms with Crippen molar-refractivity contribution < 1.29 is 19.1 Å². The lowest BCUT2D eigenvalue weighted by Crippen LogP contribution is -2.43. The van der Waals surface area contributed by atoms with Crippen LogP contribution in [0.25, 0.3) is 0 Å². The van der Waals surface area contributed by atoms with Crippen LogP contribution < -0.4 is 0 Å². The molecular weight excluding hydrogens is 304 g/mol. The van der Waals surface area contributed by atoms with Crippen LogP contribution in [0.1, 0.15) is 87.0 Å². The molecule has 1 fully saturated rings. The summed E-state index contributed by atoms with van der Waals surface area (Å²) in [5, 5.41) is 0. The van der Waals surface area contributed by atoms with E-state index in [0.717, 1.165) is 32.1 Å². The Bertz CT molecular complexity index is 441. The maximum absolute atomic E-state index is 12.7. The van der Waals surface area contributed by atoms with Crippen LogP contribution in [0.5, 0.6) is 0 Å². The molecule has 0 aliphatic heterocycles. The van der Waals surface area contributed by atoms with Gasteiger partial charge in [-0.15, -0.1) is 0 Å². The Balaban J connectivity index is 2.63. The largest absolute Gasteiger partial charge is 0.457 e. The molecule has 0 aromatic rings. The van der Waals surface area contributed by atoms with Crippen LogP contribution in [-0.4, -0.2) is 24.1 Å².